The van der Waals surface area contributed by atoms with Gasteiger partial charge < -0.3 is 20.3 Å². The molecule has 0 amide bonds. The first-order valence-corrected chi connectivity index (χ1v) is 7.38. The molecule has 1 aromatic heterocycles. The molecule has 0 unspecified atom stereocenters. The molecule has 0 aliphatic carbocycles. The SMILES string of the molecule is CN1CCN(c2cc(C3CCOCC3)nc(N)n2)CC1. The minimum absolute atomic E-state index is 0.392. The van der Waals surface area contributed by atoms with E-state index in [1.54, 1.807) is 0 Å². The molecule has 6 nitrogen and oxygen atoms in total. The Morgan fingerprint density at radius 1 is 1.15 bits per heavy atom. The van der Waals surface area contributed by atoms with Crippen LogP contribution < -0.4 is 10.6 Å². The first-order chi connectivity index (χ1) is 9.72. The zero-order chi connectivity index (χ0) is 13.9. The lowest BCUT2D eigenvalue weighted by Crippen LogP contribution is -2.45. The van der Waals surface area contributed by atoms with Crippen molar-refractivity contribution in [3.63, 3.8) is 0 Å². The van der Waals surface area contributed by atoms with Crippen LogP contribution in [0, 0.1) is 0 Å². The number of aromatic nitrogens is 2. The molecule has 1 aromatic rings. The third kappa shape index (κ3) is 3.02. The predicted molar refractivity (Wildman–Crippen MR) is 78.9 cm³/mol. The minimum Gasteiger partial charge on any atom is -0.381 e. The van der Waals surface area contributed by atoms with Crippen molar-refractivity contribution in [2.24, 2.45) is 0 Å². The van der Waals surface area contributed by atoms with E-state index >= 15 is 0 Å². The summed E-state index contributed by atoms with van der Waals surface area (Å²) in [5.41, 5.74) is 6.99. The third-order valence-corrected chi connectivity index (χ3v) is 4.22. The van der Waals surface area contributed by atoms with Gasteiger partial charge in [-0.15, -0.1) is 0 Å². The third-order valence-electron chi connectivity index (χ3n) is 4.22. The van der Waals surface area contributed by atoms with Crippen LogP contribution in [0.2, 0.25) is 0 Å². The molecule has 0 spiro atoms. The zero-order valence-corrected chi connectivity index (χ0v) is 12.1. The number of anilines is 2. The van der Waals surface area contributed by atoms with Crippen LogP contribution in [-0.4, -0.2) is 61.3 Å². The summed E-state index contributed by atoms with van der Waals surface area (Å²) >= 11 is 0. The Morgan fingerprint density at radius 3 is 2.55 bits per heavy atom. The molecule has 0 atom stereocenters. The van der Waals surface area contributed by atoms with Gasteiger partial charge in [0.25, 0.3) is 0 Å². The van der Waals surface area contributed by atoms with E-state index in [0.29, 0.717) is 11.9 Å². The molecule has 2 fully saturated rings. The number of nitrogens with two attached hydrogens (primary N) is 1. The first kappa shape index (κ1) is 13.6. The number of hydrogen-bond donors (Lipinski definition) is 1. The summed E-state index contributed by atoms with van der Waals surface area (Å²) in [5.74, 6) is 1.83. The fourth-order valence-corrected chi connectivity index (χ4v) is 2.87. The van der Waals surface area contributed by atoms with Crippen molar-refractivity contribution in [2.45, 2.75) is 18.8 Å². The Balaban J connectivity index is 1.79. The van der Waals surface area contributed by atoms with Crippen molar-refractivity contribution in [3.8, 4) is 0 Å². The summed E-state index contributed by atoms with van der Waals surface area (Å²) in [6.07, 6.45) is 2.05. The highest BCUT2D eigenvalue weighted by atomic mass is 16.5. The maximum absolute atomic E-state index is 5.91. The van der Waals surface area contributed by atoms with Crippen LogP contribution in [0.1, 0.15) is 24.5 Å². The molecule has 3 rings (SSSR count). The van der Waals surface area contributed by atoms with E-state index < -0.39 is 0 Å². The highest BCUT2D eigenvalue weighted by Crippen LogP contribution is 2.28. The van der Waals surface area contributed by atoms with Gasteiger partial charge in [0.2, 0.25) is 5.95 Å². The predicted octanol–water partition coefficient (Wildman–Crippen LogP) is 0.705. The molecule has 2 aliphatic heterocycles. The lowest BCUT2D eigenvalue weighted by Gasteiger charge is -2.33. The molecular formula is C14H23N5O. The van der Waals surface area contributed by atoms with Crippen LogP contribution >= 0.6 is 0 Å². The van der Waals surface area contributed by atoms with E-state index in [-0.39, 0.29) is 0 Å². The number of likely N-dealkylation sites (N-methyl/N-ethyl adjacent to an activating group) is 1. The molecule has 3 heterocycles. The highest BCUT2D eigenvalue weighted by Gasteiger charge is 2.21. The minimum atomic E-state index is 0.392. The Hall–Kier alpha value is -1.40. The second-order valence-electron chi connectivity index (χ2n) is 5.69. The lowest BCUT2D eigenvalue weighted by molar-refractivity contribution is 0.0845. The number of piperazine rings is 1. The topological polar surface area (TPSA) is 67.5 Å². The molecule has 0 aromatic carbocycles. The van der Waals surface area contributed by atoms with Crippen molar-refractivity contribution in [2.75, 3.05) is 57.1 Å². The van der Waals surface area contributed by atoms with Crippen molar-refractivity contribution in [1.82, 2.24) is 14.9 Å². The van der Waals surface area contributed by atoms with Crippen molar-refractivity contribution >= 4 is 11.8 Å². The monoisotopic (exact) mass is 277 g/mol. The lowest BCUT2D eigenvalue weighted by atomic mass is 9.96. The fraction of sp³-hybridized carbons (Fsp3) is 0.714. The first-order valence-electron chi connectivity index (χ1n) is 7.38. The average molecular weight is 277 g/mol. The normalized spacial score (nSPS) is 22.1. The van der Waals surface area contributed by atoms with E-state index in [2.05, 4.69) is 32.9 Å². The second-order valence-corrected chi connectivity index (χ2v) is 5.69. The van der Waals surface area contributed by atoms with Gasteiger partial charge in [-0.3, -0.25) is 0 Å². The standard InChI is InChI=1S/C14H23N5O/c1-18-4-6-19(7-5-18)13-10-12(16-14(15)17-13)11-2-8-20-9-3-11/h10-11H,2-9H2,1H3,(H2,15,16,17). The number of nitrogens with zero attached hydrogens (tertiary/aromatic N) is 4. The molecule has 6 heteroatoms. The van der Waals surface area contributed by atoms with E-state index in [1.165, 1.54) is 0 Å². The summed E-state index contributed by atoms with van der Waals surface area (Å²) in [5, 5.41) is 0. The van der Waals surface area contributed by atoms with E-state index in [1.807, 2.05) is 0 Å². The van der Waals surface area contributed by atoms with Gasteiger partial charge in [-0.2, -0.15) is 4.98 Å². The van der Waals surface area contributed by atoms with Gasteiger partial charge in [-0.1, -0.05) is 0 Å². The van der Waals surface area contributed by atoms with Crippen LogP contribution in [0.4, 0.5) is 11.8 Å². The zero-order valence-electron chi connectivity index (χ0n) is 12.1. The summed E-state index contributed by atoms with van der Waals surface area (Å²) in [6.45, 7) is 5.77. The van der Waals surface area contributed by atoms with Gasteiger partial charge in [0.05, 0.1) is 5.69 Å². The molecular weight excluding hydrogens is 254 g/mol. The van der Waals surface area contributed by atoms with Crippen molar-refractivity contribution < 1.29 is 4.74 Å². The maximum atomic E-state index is 5.91. The quantitative estimate of drug-likeness (QED) is 0.858. The van der Waals surface area contributed by atoms with Gasteiger partial charge in [0, 0.05) is 51.4 Å². The largest absolute Gasteiger partial charge is 0.381 e. The summed E-state index contributed by atoms with van der Waals surface area (Å²) < 4.78 is 5.42. The van der Waals surface area contributed by atoms with Crippen molar-refractivity contribution in [1.29, 1.82) is 0 Å². The number of rotatable bonds is 2. The Bertz CT molecular complexity index is 453. The molecule has 0 saturated carbocycles. The summed E-state index contributed by atoms with van der Waals surface area (Å²) in [6, 6.07) is 2.12. The van der Waals surface area contributed by atoms with Crippen molar-refractivity contribution in [3.05, 3.63) is 11.8 Å². The second kappa shape index (κ2) is 5.93. The number of ether oxygens (including phenoxy) is 1. The van der Waals surface area contributed by atoms with Crippen LogP contribution in [-0.2, 0) is 4.74 Å². The molecule has 110 valence electrons. The van der Waals surface area contributed by atoms with E-state index in [9.17, 15) is 0 Å². The van der Waals surface area contributed by atoms with Gasteiger partial charge in [-0.25, -0.2) is 4.98 Å². The van der Waals surface area contributed by atoms with Gasteiger partial charge in [0.15, 0.2) is 0 Å². The average Bonchev–Trinajstić information content (AvgIpc) is 2.48. The molecule has 0 radical (unpaired) electrons. The molecule has 20 heavy (non-hydrogen) atoms. The summed E-state index contributed by atoms with van der Waals surface area (Å²) in [4.78, 5) is 13.5. The molecule has 0 bridgehead atoms. The van der Waals surface area contributed by atoms with Crippen LogP contribution in [0.25, 0.3) is 0 Å². The van der Waals surface area contributed by atoms with Crippen LogP contribution in [0.3, 0.4) is 0 Å². The van der Waals surface area contributed by atoms with Crippen LogP contribution in [0.15, 0.2) is 6.07 Å². The number of nitrogen functional groups attached to an aromatic ring is 1. The van der Waals surface area contributed by atoms with E-state index in [4.69, 9.17) is 10.5 Å². The molecule has 2 aliphatic rings. The highest BCUT2D eigenvalue weighted by molar-refractivity contribution is 5.44. The Morgan fingerprint density at radius 2 is 1.85 bits per heavy atom. The Labute approximate surface area is 119 Å². The molecule has 2 saturated heterocycles. The fourth-order valence-electron chi connectivity index (χ4n) is 2.87. The van der Waals surface area contributed by atoms with Gasteiger partial charge >= 0.3 is 0 Å². The molecule has 2 N–H and O–H groups in total. The Kier molecular flexibility index (Phi) is 4.03. The smallest absolute Gasteiger partial charge is 0.222 e. The van der Waals surface area contributed by atoms with Gasteiger partial charge in [0.1, 0.15) is 5.82 Å². The van der Waals surface area contributed by atoms with E-state index in [0.717, 1.165) is 63.7 Å². The number of hydrogen-bond acceptors (Lipinski definition) is 6. The maximum Gasteiger partial charge on any atom is 0.222 e. The summed E-state index contributed by atoms with van der Waals surface area (Å²) in [7, 11) is 2.15. The van der Waals surface area contributed by atoms with Gasteiger partial charge in [-0.05, 0) is 19.9 Å². The van der Waals surface area contributed by atoms with Crippen LogP contribution in [0.5, 0.6) is 0 Å².